The van der Waals surface area contributed by atoms with Crippen molar-refractivity contribution in [1.29, 1.82) is 0 Å². The first kappa shape index (κ1) is 14.8. The molecule has 0 N–H and O–H groups in total. The smallest absolute Gasteiger partial charge is 0.183 e. The van der Waals surface area contributed by atoms with E-state index in [0.717, 1.165) is 30.9 Å². The summed E-state index contributed by atoms with van der Waals surface area (Å²) in [6.45, 7) is 2.06. The fraction of sp³-hybridized carbons (Fsp3) is 0.263. The molecule has 1 saturated heterocycles. The highest BCUT2D eigenvalue weighted by Gasteiger charge is 2.16. The van der Waals surface area contributed by atoms with Gasteiger partial charge in [-0.25, -0.2) is 0 Å². The van der Waals surface area contributed by atoms with Gasteiger partial charge in [0.1, 0.15) is 12.4 Å². The average Bonchev–Trinajstić information content (AvgIpc) is 2.61. The Labute approximate surface area is 131 Å². The minimum atomic E-state index is -0.235. The zero-order chi connectivity index (χ0) is 15.0. The van der Waals surface area contributed by atoms with Gasteiger partial charge in [-0.2, -0.15) is 0 Å². The predicted octanol–water partition coefficient (Wildman–Crippen LogP) is 4.21. The van der Waals surface area contributed by atoms with Gasteiger partial charge in [0.25, 0.3) is 0 Å². The summed E-state index contributed by atoms with van der Waals surface area (Å²) in [5.74, 6) is 0.845. The molecule has 0 atom stereocenters. The van der Waals surface area contributed by atoms with Gasteiger partial charge < -0.3 is 14.2 Å². The molecule has 0 amide bonds. The third-order valence-electron chi connectivity index (χ3n) is 3.44. The van der Waals surface area contributed by atoms with E-state index in [1.54, 1.807) is 0 Å². The largest absolute Gasteiger partial charge is 0.490 e. The van der Waals surface area contributed by atoms with Crippen molar-refractivity contribution in [2.75, 3.05) is 19.8 Å². The van der Waals surface area contributed by atoms with Crippen LogP contribution in [-0.2, 0) is 9.47 Å². The van der Waals surface area contributed by atoms with Crippen LogP contribution in [0.25, 0.3) is 6.08 Å². The van der Waals surface area contributed by atoms with Gasteiger partial charge in [-0.1, -0.05) is 48.5 Å². The van der Waals surface area contributed by atoms with E-state index in [1.807, 2.05) is 48.5 Å². The third-order valence-corrected chi connectivity index (χ3v) is 3.44. The first-order chi connectivity index (χ1) is 10.9. The molecule has 2 aromatic carbocycles. The molecular weight excluding hydrogens is 276 g/mol. The lowest BCUT2D eigenvalue weighted by Gasteiger charge is -2.23. The Morgan fingerprint density at radius 2 is 1.68 bits per heavy atom. The van der Waals surface area contributed by atoms with Gasteiger partial charge in [0.2, 0.25) is 0 Å². The molecule has 0 radical (unpaired) electrons. The number of hydrogen-bond donors (Lipinski definition) is 0. The monoisotopic (exact) mass is 296 g/mol. The molecule has 0 aromatic heterocycles. The highest BCUT2D eigenvalue weighted by molar-refractivity contribution is 5.48. The van der Waals surface area contributed by atoms with Gasteiger partial charge in [-0.05, 0) is 30.2 Å². The Balaban J connectivity index is 1.49. The van der Waals surface area contributed by atoms with Gasteiger partial charge in [-0.3, -0.25) is 0 Å². The normalized spacial score (nSPS) is 16.0. The van der Waals surface area contributed by atoms with Crippen LogP contribution >= 0.6 is 0 Å². The van der Waals surface area contributed by atoms with Gasteiger partial charge in [0.05, 0.1) is 13.2 Å². The van der Waals surface area contributed by atoms with Crippen molar-refractivity contribution < 1.29 is 14.2 Å². The molecular formula is C19H20O3. The molecule has 3 heteroatoms. The molecule has 1 heterocycles. The summed E-state index contributed by atoms with van der Waals surface area (Å²) < 4.78 is 16.9. The van der Waals surface area contributed by atoms with E-state index < -0.39 is 0 Å². The van der Waals surface area contributed by atoms with E-state index in [-0.39, 0.29) is 6.29 Å². The second-order valence-corrected chi connectivity index (χ2v) is 5.12. The standard InChI is InChI=1S/C19H20O3/c1-2-6-16(7-3-1)8-4-13-20-18-11-9-17(10-12-18)19-21-14-5-15-22-19/h1-4,6-12,19H,5,13-15H2. The average molecular weight is 296 g/mol. The lowest BCUT2D eigenvalue weighted by molar-refractivity contribution is -0.183. The van der Waals surface area contributed by atoms with Crippen molar-refractivity contribution in [3.63, 3.8) is 0 Å². The second kappa shape index (κ2) is 7.78. The Kier molecular flexibility index (Phi) is 5.24. The molecule has 0 bridgehead atoms. The summed E-state index contributed by atoms with van der Waals surface area (Å²) in [6.07, 6.45) is 4.79. The highest BCUT2D eigenvalue weighted by Crippen LogP contribution is 2.24. The van der Waals surface area contributed by atoms with E-state index in [1.165, 1.54) is 5.56 Å². The summed E-state index contributed by atoms with van der Waals surface area (Å²) >= 11 is 0. The third kappa shape index (κ3) is 4.20. The lowest BCUT2D eigenvalue weighted by atomic mass is 10.2. The SMILES string of the molecule is C(=Cc1ccccc1)COc1ccc(C2OCCCO2)cc1. The van der Waals surface area contributed by atoms with E-state index in [4.69, 9.17) is 14.2 Å². The maximum atomic E-state index is 5.70. The van der Waals surface area contributed by atoms with Crippen LogP contribution in [0.4, 0.5) is 0 Å². The Bertz CT molecular complexity index is 584. The first-order valence-electron chi connectivity index (χ1n) is 7.59. The van der Waals surface area contributed by atoms with E-state index >= 15 is 0 Å². The molecule has 0 saturated carbocycles. The number of rotatable bonds is 5. The summed E-state index contributed by atoms with van der Waals surface area (Å²) in [4.78, 5) is 0. The van der Waals surface area contributed by atoms with Crippen molar-refractivity contribution in [2.45, 2.75) is 12.7 Å². The molecule has 1 aliphatic rings. The molecule has 114 valence electrons. The molecule has 3 rings (SSSR count). The molecule has 0 aliphatic carbocycles. The van der Waals surface area contributed by atoms with Crippen LogP contribution in [0, 0.1) is 0 Å². The van der Waals surface area contributed by atoms with E-state index in [9.17, 15) is 0 Å². The van der Waals surface area contributed by atoms with Crippen LogP contribution in [0.3, 0.4) is 0 Å². The van der Waals surface area contributed by atoms with Crippen LogP contribution in [0.1, 0.15) is 23.8 Å². The Morgan fingerprint density at radius 3 is 2.41 bits per heavy atom. The number of benzene rings is 2. The fourth-order valence-electron chi connectivity index (χ4n) is 2.29. The maximum absolute atomic E-state index is 5.70. The van der Waals surface area contributed by atoms with Gasteiger partial charge in [-0.15, -0.1) is 0 Å². The molecule has 0 unspecified atom stereocenters. The van der Waals surface area contributed by atoms with Gasteiger partial charge >= 0.3 is 0 Å². The van der Waals surface area contributed by atoms with Crippen molar-refractivity contribution in [3.05, 3.63) is 71.8 Å². The van der Waals surface area contributed by atoms with Crippen molar-refractivity contribution >= 4 is 6.08 Å². The first-order valence-corrected chi connectivity index (χ1v) is 7.59. The Hall–Kier alpha value is -2.10. The molecule has 0 spiro atoms. The summed E-state index contributed by atoms with van der Waals surface area (Å²) in [5.41, 5.74) is 2.21. The van der Waals surface area contributed by atoms with Crippen molar-refractivity contribution in [1.82, 2.24) is 0 Å². The van der Waals surface area contributed by atoms with Crippen LogP contribution in [0.2, 0.25) is 0 Å². The summed E-state index contributed by atoms with van der Waals surface area (Å²) in [6, 6.07) is 18.1. The van der Waals surface area contributed by atoms with E-state index in [0.29, 0.717) is 6.61 Å². The van der Waals surface area contributed by atoms with Gasteiger partial charge in [0.15, 0.2) is 6.29 Å². The number of ether oxygens (including phenoxy) is 3. The maximum Gasteiger partial charge on any atom is 0.183 e. The topological polar surface area (TPSA) is 27.7 Å². The fourth-order valence-corrected chi connectivity index (χ4v) is 2.29. The molecule has 3 nitrogen and oxygen atoms in total. The zero-order valence-corrected chi connectivity index (χ0v) is 12.5. The minimum absolute atomic E-state index is 0.235. The zero-order valence-electron chi connectivity index (χ0n) is 12.5. The summed E-state index contributed by atoms with van der Waals surface area (Å²) in [7, 11) is 0. The van der Waals surface area contributed by atoms with Crippen LogP contribution < -0.4 is 4.74 Å². The van der Waals surface area contributed by atoms with Crippen LogP contribution in [0.15, 0.2) is 60.7 Å². The quantitative estimate of drug-likeness (QED) is 0.827. The van der Waals surface area contributed by atoms with Crippen molar-refractivity contribution in [2.24, 2.45) is 0 Å². The molecule has 2 aromatic rings. The second-order valence-electron chi connectivity index (χ2n) is 5.12. The van der Waals surface area contributed by atoms with Crippen LogP contribution in [0.5, 0.6) is 5.75 Å². The summed E-state index contributed by atoms with van der Waals surface area (Å²) in [5, 5.41) is 0. The number of hydrogen-bond acceptors (Lipinski definition) is 3. The van der Waals surface area contributed by atoms with E-state index in [2.05, 4.69) is 18.2 Å². The molecule has 1 aliphatic heterocycles. The van der Waals surface area contributed by atoms with Crippen molar-refractivity contribution in [3.8, 4) is 5.75 Å². The van der Waals surface area contributed by atoms with Crippen LogP contribution in [-0.4, -0.2) is 19.8 Å². The Morgan fingerprint density at radius 1 is 0.955 bits per heavy atom. The van der Waals surface area contributed by atoms with Gasteiger partial charge in [0, 0.05) is 5.56 Å². The predicted molar refractivity (Wildman–Crippen MR) is 86.7 cm³/mol. The molecule has 22 heavy (non-hydrogen) atoms. The highest BCUT2D eigenvalue weighted by atomic mass is 16.7. The minimum Gasteiger partial charge on any atom is -0.490 e. The molecule has 1 fully saturated rings. The lowest BCUT2D eigenvalue weighted by Crippen LogP contribution is -2.17.